The van der Waals surface area contributed by atoms with Gasteiger partial charge < -0.3 is 0 Å². The molecule has 4 aromatic rings. The number of hydrogen-bond acceptors (Lipinski definition) is 2. The molecular weight excluding hydrogens is 448 g/mol. The molecule has 37 heavy (non-hydrogen) atoms. The van der Waals surface area contributed by atoms with Crippen LogP contribution in [0.25, 0.3) is 21.7 Å². The fourth-order valence-electron chi connectivity index (χ4n) is 5.04. The van der Waals surface area contributed by atoms with E-state index in [1.807, 2.05) is 19.9 Å². The van der Waals surface area contributed by atoms with E-state index in [4.69, 9.17) is 4.98 Å². The molecule has 0 aliphatic heterocycles. The Balaban J connectivity index is 0.000000252. The molecule has 0 N–H and O–H groups in total. The minimum atomic E-state index is 0.0651. The van der Waals surface area contributed by atoms with Crippen molar-refractivity contribution in [1.29, 1.82) is 0 Å². The molecule has 0 saturated heterocycles. The second-order valence-electron chi connectivity index (χ2n) is 12.2. The van der Waals surface area contributed by atoms with E-state index in [0.717, 1.165) is 16.9 Å². The van der Waals surface area contributed by atoms with Crippen LogP contribution in [0.15, 0.2) is 30.3 Å². The number of pyridine rings is 2. The van der Waals surface area contributed by atoms with Gasteiger partial charge in [-0.1, -0.05) is 73.6 Å². The Morgan fingerprint density at radius 2 is 1.08 bits per heavy atom. The van der Waals surface area contributed by atoms with Crippen LogP contribution in [0.5, 0.6) is 0 Å². The number of hydrogen-bond donors (Lipinski definition) is 0. The molecule has 4 rings (SSSR count). The Morgan fingerprint density at radius 3 is 1.59 bits per heavy atom. The van der Waals surface area contributed by atoms with E-state index >= 15 is 0 Å². The van der Waals surface area contributed by atoms with E-state index in [2.05, 4.69) is 119 Å². The average Bonchev–Trinajstić information content (AvgIpc) is 2.82. The summed E-state index contributed by atoms with van der Waals surface area (Å²) in [5, 5.41) is 4.07. The van der Waals surface area contributed by atoms with Crippen molar-refractivity contribution in [1.82, 2.24) is 9.97 Å². The Bertz CT molecular complexity index is 1410. The quantitative estimate of drug-likeness (QED) is 0.241. The number of aryl methyl sites for hydroxylation is 5. The molecule has 0 amide bonds. The highest BCUT2D eigenvalue weighted by molar-refractivity contribution is 5.95. The van der Waals surface area contributed by atoms with Crippen molar-refractivity contribution in [2.45, 2.75) is 115 Å². The molecule has 200 valence electrons. The van der Waals surface area contributed by atoms with Crippen LogP contribution in [0.2, 0.25) is 0 Å². The van der Waals surface area contributed by atoms with Gasteiger partial charge in [-0.05, 0) is 105 Å². The number of benzene rings is 2. The van der Waals surface area contributed by atoms with Crippen LogP contribution >= 0.6 is 0 Å². The van der Waals surface area contributed by atoms with Gasteiger partial charge in [0.05, 0.1) is 11.2 Å². The molecule has 2 heterocycles. The molecule has 0 bridgehead atoms. The summed E-state index contributed by atoms with van der Waals surface area (Å²) < 4.78 is 0. The lowest BCUT2D eigenvalue weighted by molar-refractivity contribution is 0.573. The summed E-state index contributed by atoms with van der Waals surface area (Å²) in [5.41, 5.74) is 13.2. The van der Waals surface area contributed by atoms with Gasteiger partial charge in [-0.2, -0.15) is 0 Å². The lowest BCUT2D eigenvalue weighted by Crippen LogP contribution is -2.17. The fraction of sp³-hybridized carbons (Fsp3) is 0.486. The first-order chi connectivity index (χ1) is 17.1. The summed E-state index contributed by atoms with van der Waals surface area (Å²) in [6.45, 7) is 32.9. The number of aromatic nitrogens is 2. The highest BCUT2D eigenvalue weighted by atomic mass is 14.7. The van der Waals surface area contributed by atoms with Gasteiger partial charge in [-0.25, -0.2) is 0 Å². The van der Waals surface area contributed by atoms with Crippen LogP contribution in [-0.4, -0.2) is 9.97 Å². The minimum Gasteiger partial charge on any atom is -0.257 e. The summed E-state index contributed by atoms with van der Waals surface area (Å²) in [4.78, 5) is 9.49. The van der Waals surface area contributed by atoms with Crippen LogP contribution in [0.4, 0.5) is 0 Å². The van der Waals surface area contributed by atoms with Gasteiger partial charge in [-0.3, -0.25) is 9.97 Å². The summed E-state index contributed by atoms with van der Waals surface area (Å²) in [6, 6.07) is 10.6. The molecule has 0 radical (unpaired) electrons. The Labute approximate surface area is 227 Å². The fourth-order valence-corrected chi connectivity index (χ4v) is 5.04. The minimum absolute atomic E-state index is 0.0651. The molecule has 0 aliphatic rings. The Morgan fingerprint density at radius 1 is 0.568 bits per heavy atom. The van der Waals surface area contributed by atoms with Gasteiger partial charge in [-0.15, -0.1) is 0 Å². The molecular formula is C35H50N2. The lowest BCUT2D eigenvalue weighted by atomic mass is 9.82. The van der Waals surface area contributed by atoms with E-state index in [1.54, 1.807) is 0 Å². The Hall–Kier alpha value is -2.74. The van der Waals surface area contributed by atoms with Crippen molar-refractivity contribution in [3.8, 4) is 0 Å². The molecule has 2 aromatic carbocycles. The maximum absolute atomic E-state index is 4.94. The zero-order valence-electron chi connectivity index (χ0n) is 26.3. The van der Waals surface area contributed by atoms with Crippen molar-refractivity contribution in [3.63, 3.8) is 0 Å². The summed E-state index contributed by atoms with van der Waals surface area (Å²) in [6.07, 6.45) is 0. The third-order valence-corrected chi connectivity index (χ3v) is 7.48. The van der Waals surface area contributed by atoms with Crippen molar-refractivity contribution in [2.75, 3.05) is 0 Å². The number of nitrogens with zero attached hydrogens (tertiary/aromatic N) is 2. The number of para-hydroxylation sites is 1. The first-order valence-electron chi connectivity index (χ1n) is 13.8. The topological polar surface area (TPSA) is 25.8 Å². The molecule has 0 aliphatic carbocycles. The van der Waals surface area contributed by atoms with Crippen molar-refractivity contribution < 1.29 is 0 Å². The third kappa shape index (κ3) is 6.22. The van der Waals surface area contributed by atoms with Gasteiger partial charge in [0.25, 0.3) is 0 Å². The standard InChI is InChI=1S/C19H27N.C14H17N.C2H6/c1-10-11(2)13(4)17-16(12(10)3)14(5)15(6)20-18(17)19(7,8)9;1-10-9-12(14(2,3)4)11-7-5-6-8-13(11)15-10;1-2/h1-9H3;5-9H,1-4H3;1-2H3. The average molecular weight is 499 g/mol. The van der Waals surface area contributed by atoms with E-state index in [1.165, 1.54) is 55.2 Å². The zero-order chi connectivity index (χ0) is 28.5. The van der Waals surface area contributed by atoms with Crippen molar-refractivity contribution in [2.24, 2.45) is 0 Å². The second-order valence-corrected chi connectivity index (χ2v) is 12.2. The molecule has 0 atom stereocenters. The van der Waals surface area contributed by atoms with Gasteiger partial charge in [0, 0.05) is 27.6 Å². The second kappa shape index (κ2) is 11.3. The first kappa shape index (κ1) is 30.5. The van der Waals surface area contributed by atoms with Gasteiger partial charge in [0.1, 0.15) is 0 Å². The number of rotatable bonds is 0. The highest BCUT2D eigenvalue weighted by Crippen LogP contribution is 2.38. The lowest BCUT2D eigenvalue weighted by Gasteiger charge is -2.26. The summed E-state index contributed by atoms with van der Waals surface area (Å²) in [7, 11) is 0. The maximum atomic E-state index is 4.94. The molecule has 0 unspecified atom stereocenters. The van der Waals surface area contributed by atoms with Crippen LogP contribution in [0.1, 0.15) is 106 Å². The summed E-state index contributed by atoms with van der Waals surface area (Å²) >= 11 is 0. The molecule has 2 nitrogen and oxygen atoms in total. The number of fused-ring (bicyclic) bond motifs is 2. The summed E-state index contributed by atoms with van der Waals surface area (Å²) in [5.74, 6) is 0. The predicted molar refractivity (Wildman–Crippen MR) is 165 cm³/mol. The van der Waals surface area contributed by atoms with Gasteiger partial charge in [0.15, 0.2) is 0 Å². The molecule has 0 saturated carbocycles. The highest BCUT2D eigenvalue weighted by Gasteiger charge is 2.24. The Kier molecular flexibility index (Phi) is 9.34. The third-order valence-electron chi connectivity index (χ3n) is 7.48. The van der Waals surface area contributed by atoms with Crippen molar-refractivity contribution >= 4 is 21.7 Å². The van der Waals surface area contributed by atoms with Crippen LogP contribution < -0.4 is 0 Å². The zero-order valence-corrected chi connectivity index (χ0v) is 26.3. The van der Waals surface area contributed by atoms with E-state index in [0.29, 0.717) is 0 Å². The van der Waals surface area contributed by atoms with Crippen LogP contribution in [0.3, 0.4) is 0 Å². The molecule has 0 fully saturated rings. The van der Waals surface area contributed by atoms with E-state index in [-0.39, 0.29) is 10.8 Å². The smallest absolute Gasteiger partial charge is 0.0708 e. The van der Waals surface area contributed by atoms with Gasteiger partial charge in [0.2, 0.25) is 0 Å². The van der Waals surface area contributed by atoms with Crippen LogP contribution in [-0.2, 0) is 10.8 Å². The molecule has 2 heteroatoms. The van der Waals surface area contributed by atoms with Crippen molar-refractivity contribution in [3.05, 3.63) is 80.8 Å². The van der Waals surface area contributed by atoms with Gasteiger partial charge >= 0.3 is 0 Å². The molecule has 2 aromatic heterocycles. The van der Waals surface area contributed by atoms with Crippen LogP contribution in [0, 0.1) is 48.5 Å². The molecule has 0 spiro atoms. The first-order valence-corrected chi connectivity index (χ1v) is 13.8. The maximum Gasteiger partial charge on any atom is 0.0708 e. The monoisotopic (exact) mass is 498 g/mol. The normalized spacial score (nSPS) is 11.6. The SMILES string of the molecule is CC.Cc1cc(C(C)(C)C)c2ccccc2n1.Cc1nc(C(C)(C)C)c2c(C)c(C)c(C)c(C)c2c1C. The van der Waals surface area contributed by atoms with E-state index in [9.17, 15) is 0 Å². The largest absolute Gasteiger partial charge is 0.257 e. The van der Waals surface area contributed by atoms with E-state index < -0.39 is 0 Å². The predicted octanol–water partition coefficient (Wildman–Crippen LogP) is 10.2.